The Bertz CT molecular complexity index is 1410. The number of likely N-dealkylation sites (tertiary alicyclic amines) is 1. The van der Waals surface area contributed by atoms with Crippen LogP contribution in [-0.2, 0) is 25.9 Å². The number of carbonyl (C=O) groups excluding carboxylic acids is 2. The van der Waals surface area contributed by atoms with Gasteiger partial charge in [-0.1, -0.05) is 0 Å². The maximum absolute atomic E-state index is 13.0. The van der Waals surface area contributed by atoms with Gasteiger partial charge >= 0.3 is 0 Å². The monoisotopic (exact) mass is 654 g/mol. The van der Waals surface area contributed by atoms with Crippen LogP contribution >= 0.6 is 0 Å². The van der Waals surface area contributed by atoms with E-state index in [1.807, 2.05) is 47.9 Å². The predicted octanol–water partition coefficient (Wildman–Crippen LogP) is 3.49. The molecule has 1 fully saturated rings. The maximum atomic E-state index is 13.0. The fourth-order valence-corrected chi connectivity index (χ4v) is 4.51. The first-order valence-corrected chi connectivity index (χ1v) is 11.5. The van der Waals surface area contributed by atoms with Crippen LogP contribution in [0.2, 0.25) is 0 Å². The quantitative estimate of drug-likeness (QED) is 0.303. The van der Waals surface area contributed by atoms with Gasteiger partial charge in [-0.2, -0.15) is 0 Å². The summed E-state index contributed by atoms with van der Waals surface area (Å²) in [6, 6.07) is 12.5. The van der Waals surface area contributed by atoms with Crippen LogP contribution in [-0.4, -0.2) is 49.3 Å². The molecule has 0 radical (unpaired) electrons. The summed E-state index contributed by atoms with van der Waals surface area (Å²) in [7, 11) is 0. The number of imidazole rings is 1. The Hall–Kier alpha value is -3.71. The van der Waals surface area contributed by atoms with E-state index >= 15 is 0 Å². The van der Waals surface area contributed by atoms with E-state index < -0.39 is 0 Å². The van der Waals surface area contributed by atoms with Crippen molar-refractivity contribution in [1.82, 2.24) is 19.3 Å². The van der Waals surface area contributed by atoms with Crippen molar-refractivity contribution in [2.24, 2.45) is 11.7 Å². The molecule has 1 aliphatic heterocycles. The summed E-state index contributed by atoms with van der Waals surface area (Å²) < 4.78 is 1.93. The fourth-order valence-electron chi connectivity index (χ4n) is 4.51. The third kappa shape index (κ3) is 4.97. The molecule has 2 amide bonds. The number of nitrogens with two attached hydrogens (primary N) is 1. The van der Waals surface area contributed by atoms with E-state index in [0.717, 1.165) is 22.5 Å². The van der Waals surface area contributed by atoms with Gasteiger partial charge in [0, 0.05) is 69.3 Å². The number of aryl methyl sites for hydroxylation is 1. The number of carbonyl (C=O) groups is 2. The Kier molecular flexibility index (Phi) is 7.40. The maximum Gasteiger partial charge on any atom is 0.254 e. The molecule has 5 rings (SSSR count). The van der Waals surface area contributed by atoms with Gasteiger partial charge in [0.1, 0.15) is 5.75 Å². The Balaban J connectivity index is 0.00000304. The van der Waals surface area contributed by atoms with Crippen LogP contribution in [0.25, 0.3) is 16.9 Å². The normalized spacial score (nSPS) is 13.9. The third-order valence-corrected chi connectivity index (χ3v) is 6.50. The van der Waals surface area contributed by atoms with E-state index in [4.69, 9.17) is 5.73 Å². The molecule has 4 aromatic rings. The molecule has 36 heavy (non-hydrogen) atoms. The molecule has 0 bridgehead atoms. The van der Waals surface area contributed by atoms with Crippen LogP contribution < -0.4 is 11.1 Å². The van der Waals surface area contributed by atoms with Crippen LogP contribution in [0.15, 0.2) is 61.1 Å². The van der Waals surface area contributed by atoms with Crippen molar-refractivity contribution in [3.63, 3.8) is 0 Å². The number of fused-ring (bicyclic) bond motifs is 1. The van der Waals surface area contributed by atoms with E-state index in [9.17, 15) is 14.7 Å². The molecule has 10 heteroatoms. The molecule has 0 spiro atoms. The number of amides is 2. The SMILES string of the molecule is Cc1cc(Nc2nccn3c(-c4ccc(O)cc4)cnc23)ccc1C(=O)N1CCC(C(N)=O)CC1.[W]. The molecule has 1 aliphatic rings. The summed E-state index contributed by atoms with van der Waals surface area (Å²) in [5.74, 6) is 0.312. The minimum atomic E-state index is -0.292. The molecule has 2 aromatic carbocycles. The van der Waals surface area contributed by atoms with Gasteiger partial charge in [-0.15, -0.1) is 0 Å². The zero-order valence-electron chi connectivity index (χ0n) is 19.7. The number of hydrogen-bond donors (Lipinski definition) is 3. The van der Waals surface area contributed by atoms with Gasteiger partial charge in [0.2, 0.25) is 5.91 Å². The first kappa shape index (κ1) is 25.4. The van der Waals surface area contributed by atoms with E-state index in [-0.39, 0.29) is 44.5 Å². The Morgan fingerprint density at radius 2 is 1.81 bits per heavy atom. The minimum absolute atomic E-state index is 0. The van der Waals surface area contributed by atoms with Gasteiger partial charge in [-0.05, 0) is 67.8 Å². The van der Waals surface area contributed by atoms with Crippen LogP contribution in [0, 0.1) is 12.8 Å². The van der Waals surface area contributed by atoms with Crippen molar-refractivity contribution in [1.29, 1.82) is 0 Å². The molecular weight excluding hydrogens is 628 g/mol. The first-order valence-electron chi connectivity index (χ1n) is 11.5. The van der Waals surface area contributed by atoms with Crippen molar-refractivity contribution in [2.45, 2.75) is 19.8 Å². The second-order valence-corrected chi connectivity index (χ2v) is 8.78. The molecule has 0 saturated carbocycles. The average Bonchev–Trinajstić information content (AvgIpc) is 3.29. The number of benzene rings is 2. The van der Waals surface area contributed by atoms with Gasteiger partial charge in [-0.25, -0.2) is 9.97 Å². The summed E-state index contributed by atoms with van der Waals surface area (Å²) in [4.78, 5) is 35.2. The van der Waals surface area contributed by atoms with Crippen molar-refractivity contribution in [3.05, 3.63) is 72.2 Å². The number of nitrogens with zero attached hydrogens (tertiary/aromatic N) is 4. The average molecular weight is 654 g/mol. The number of hydrogen-bond acceptors (Lipinski definition) is 6. The number of aromatic nitrogens is 3. The van der Waals surface area contributed by atoms with Crippen LogP contribution in [0.1, 0.15) is 28.8 Å². The largest absolute Gasteiger partial charge is 0.508 e. The van der Waals surface area contributed by atoms with Gasteiger partial charge in [0.05, 0.1) is 11.9 Å². The van der Waals surface area contributed by atoms with Crippen LogP contribution in [0.3, 0.4) is 0 Å². The summed E-state index contributed by atoms with van der Waals surface area (Å²) >= 11 is 0. The smallest absolute Gasteiger partial charge is 0.254 e. The van der Waals surface area contributed by atoms with Crippen molar-refractivity contribution in [2.75, 3.05) is 18.4 Å². The summed E-state index contributed by atoms with van der Waals surface area (Å²) in [6.45, 7) is 2.96. The van der Waals surface area contributed by atoms with Crippen molar-refractivity contribution in [3.8, 4) is 17.0 Å². The zero-order valence-corrected chi connectivity index (χ0v) is 22.7. The van der Waals surface area contributed by atoms with E-state index in [1.165, 1.54) is 0 Å². The second kappa shape index (κ2) is 10.5. The number of primary amides is 1. The van der Waals surface area contributed by atoms with E-state index in [1.54, 1.807) is 29.4 Å². The molecule has 2 aromatic heterocycles. The number of nitrogens with one attached hydrogen (secondary N) is 1. The van der Waals surface area contributed by atoms with Crippen molar-refractivity contribution >= 4 is 29.0 Å². The number of phenolic OH excluding ortho intramolecular Hbond substituents is 1. The minimum Gasteiger partial charge on any atom is -0.508 e. The van der Waals surface area contributed by atoms with Crippen LogP contribution in [0.5, 0.6) is 5.75 Å². The third-order valence-electron chi connectivity index (χ3n) is 6.50. The molecule has 0 unspecified atom stereocenters. The molecule has 184 valence electrons. The topological polar surface area (TPSA) is 126 Å². The molecule has 0 aliphatic carbocycles. The number of phenols is 1. The molecule has 3 heterocycles. The van der Waals surface area contributed by atoms with Gasteiger partial charge < -0.3 is 21.1 Å². The predicted molar refractivity (Wildman–Crippen MR) is 132 cm³/mol. The van der Waals surface area contributed by atoms with Gasteiger partial charge in [0.25, 0.3) is 5.91 Å². The number of piperidine rings is 1. The second-order valence-electron chi connectivity index (χ2n) is 8.78. The fraction of sp³-hybridized carbons (Fsp3) is 0.231. The summed E-state index contributed by atoms with van der Waals surface area (Å²) in [5.41, 5.74) is 10.1. The Morgan fingerprint density at radius 1 is 1.08 bits per heavy atom. The van der Waals surface area contributed by atoms with E-state index in [0.29, 0.717) is 43.0 Å². The number of rotatable bonds is 5. The van der Waals surface area contributed by atoms with Crippen LogP contribution in [0.4, 0.5) is 11.5 Å². The number of anilines is 2. The van der Waals surface area contributed by atoms with E-state index in [2.05, 4.69) is 15.3 Å². The zero-order chi connectivity index (χ0) is 24.5. The summed E-state index contributed by atoms with van der Waals surface area (Å²) in [5, 5.41) is 12.9. The summed E-state index contributed by atoms with van der Waals surface area (Å²) in [6.07, 6.45) is 6.51. The van der Waals surface area contributed by atoms with Gasteiger partial charge in [-0.3, -0.25) is 14.0 Å². The number of aromatic hydroxyl groups is 1. The van der Waals surface area contributed by atoms with Crippen molar-refractivity contribution < 1.29 is 35.8 Å². The molecular formula is C26H26N6O3W. The molecule has 9 nitrogen and oxygen atoms in total. The Morgan fingerprint density at radius 3 is 2.47 bits per heavy atom. The standard InChI is InChI=1S/C26H26N6O3.W/c1-16-14-19(4-7-21(16)26(35)31-11-8-18(9-12-31)23(27)34)30-24-25-29-15-22(32(25)13-10-28-24)17-2-5-20(33)6-3-17;/h2-7,10,13-15,18,33H,8-9,11-12H2,1H3,(H2,27,34)(H,28,30);. The molecule has 1 saturated heterocycles. The van der Waals surface area contributed by atoms with Gasteiger partial charge in [0.15, 0.2) is 11.5 Å². The molecule has 4 N–H and O–H groups in total. The molecule has 0 atom stereocenters. The Labute approximate surface area is 222 Å². The first-order chi connectivity index (χ1) is 16.9.